The van der Waals surface area contributed by atoms with Crippen LogP contribution in [0.25, 0.3) is 11.1 Å². The van der Waals surface area contributed by atoms with Gasteiger partial charge in [-0.05, 0) is 71.6 Å². The fourth-order valence-corrected chi connectivity index (χ4v) is 3.80. The number of carboxylic acids is 1. The summed E-state index contributed by atoms with van der Waals surface area (Å²) in [6.07, 6.45) is -1.68. The molecule has 0 aliphatic heterocycles. The summed E-state index contributed by atoms with van der Waals surface area (Å²) in [6.45, 7) is 2.00. The van der Waals surface area contributed by atoms with E-state index >= 15 is 0 Å². The maximum atomic E-state index is 13.3. The Labute approximate surface area is 195 Å². The summed E-state index contributed by atoms with van der Waals surface area (Å²) in [5, 5.41) is 9.84. The average Bonchev–Trinajstić information content (AvgIpc) is 2.81. The monoisotopic (exact) mass is 472 g/mol. The zero-order valence-electron chi connectivity index (χ0n) is 18.5. The van der Waals surface area contributed by atoms with Crippen LogP contribution in [0.1, 0.15) is 65.6 Å². The molecule has 3 aromatic rings. The highest BCUT2D eigenvalue weighted by Gasteiger charge is 2.30. The van der Waals surface area contributed by atoms with Crippen LogP contribution in [0.15, 0.2) is 66.7 Å². The van der Waals surface area contributed by atoms with Crippen molar-refractivity contribution in [2.75, 3.05) is 0 Å². The van der Waals surface area contributed by atoms with E-state index in [1.165, 1.54) is 36.4 Å². The Morgan fingerprint density at radius 3 is 2.06 bits per heavy atom. The van der Waals surface area contributed by atoms with Crippen molar-refractivity contribution in [3.05, 3.63) is 94.8 Å². The second-order valence-corrected chi connectivity index (χ2v) is 8.14. The molecule has 0 amide bonds. The molecule has 3 nitrogen and oxygen atoms in total. The molecular weight excluding hydrogens is 448 g/mol. The topological polar surface area (TPSA) is 54.4 Å². The van der Waals surface area contributed by atoms with Crippen molar-refractivity contribution < 1.29 is 32.3 Å². The maximum Gasteiger partial charge on any atom is 0.416 e. The predicted molar refractivity (Wildman–Crippen MR) is 121 cm³/mol. The minimum atomic E-state index is -4.49. The van der Waals surface area contributed by atoms with E-state index in [2.05, 4.69) is 0 Å². The number of hydrogen-bond acceptors (Lipinski definition) is 2. The third-order valence-electron chi connectivity index (χ3n) is 5.67. The molecule has 3 aromatic carbocycles. The van der Waals surface area contributed by atoms with Crippen LogP contribution in [0.2, 0.25) is 0 Å². The molecule has 7 heteroatoms. The number of halogens is 4. The lowest BCUT2D eigenvalue weighted by molar-refractivity contribution is -0.139. The molecule has 178 valence electrons. The molecule has 1 N–H and O–H groups in total. The van der Waals surface area contributed by atoms with Gasteiger partial charge in [-0.3, -0.25) is 9.59 Å². The van der Waals surface area contributed by atoms with Crippen LogP contribution >= 0.6 is 0 Å². The molecule has 0 bridgehead atoms. The van der Waals surface area contributed by atoms with E-state index < -0.39 is 35.2 Å². The SMILES string of the molecule is CCCCCC(C(=O)O)c1cc(C(=O)c2ccc(F)cc2)cc(-c2ccc(C(F)(F)F)cc2)c1. The van der Waals surface area contributed by atoms with Crippen molar-refractivity contribution in [1.82, 2.24) is 0 Å². The van der Waals surface area contributed by atoms with E-state index in [9.17, 15) is 32.3 Å². The van der Waals surface area contributed by atoms with Gasteiger partial charge in [0.1, 0.15) is 5.82 Å². The van der Waals surface area contributed by atoms with Crippen molar-refractivity contribution in [2.24, 2.45) is 0 Å². The van der Waals surface area contributed by atoms with E-state index in [1.807, 2.05) is 6.92 Å². The predicted octanol–water partition coefficient (Wildman–Crippen LogP) is 7.49. The molecule has 0 heterocycles. The van der Waals surface area contributed by atoms with Gasteiger partial charge in [-0.15, -0.1) is 0 Å². The highest BCUT2D eigenvalue weighted by molar-refractivity contribution is 6.09. The molecule has 3 rings (SSSR count). The maximum absolute atomic E-state index is 13.3. The summed E-state index contributed by atoms with van der Waals surface area (Å²) in [6, 6.07) is 14.1. The highest BCUT2D eigenvalue weighted by Crippen LogP contribution is 2.33. The van der Waals surface area contributed by atoms with E-state index in [1.54, 1.807) is 6.07 Å². The number of rotatable bonds is 9. The van der Waals surface area contributed by atoms with Crippen LogP contribution in [0.3, 0.4) is 0 Å². The lowest BCUT2D eigenvalue weighted by Gasteiger charge is -2.16. The number of alkyl halides is 3. The molecule has 0 aliphatic rings. The first-order valence-electron chi connectivity index (χ1n) is 11.0. The molecule has 0 fully saturated rings. The van der Waals surface area contributed by atoms with Gasteiger partial charge in [0, 0.05) is 11.1 Å². The van der Waals surface area contributed by atoms with Gasteiger partial charge in [-0.25, -0.2) is 4.39 Å². The molecule has 0 aliphatic carbocycles. The van der Waals surface area contributed by atoms with Gasteiger partial charge in [0.05, 0.1) is 11.5 Å². The zero-order chi connectivity index (χ0) is 24.9. The molecule has 1 unspecified atom stereocenters. The van der Waals surface area contributed by atoms with Gasteiger partial charge in [0.15, 0.2) is 5.78 Å². The summed E-state index contributed by atoms with van der Waals surface area (Å²) in [5.74, 6) is -2.85. The summed E-state index contributed by atoms with van der Waals surface area (Å²) < 4.78 is 52.2. The van der Waals surface area contributed by atoms with Crippen LogP contribution in [-0.2, 0) is 11.0 Å². The van der Waals surface area contributed by atoms with E-state index in [0.29, 0.717) is 29.5 Å². The smallest absolute Gasteiger partial charge is 0.416 e. The number of carbonyl (C=O) groups excluding carboxylic acids is 1. The van der Waals surface area contributed by atoms with Gasteiger partial charge in [-0.1, -0.05) is 44.4 Å². The molecule has 1 atom stereocenters. The normalized spacial score (nSPS) is 12.4. The first-order valence-corrected chi connectivity index (χ1v) is 11.0. The first kappa shape index (κ1) is 25.1. The van der Waals surface area contributed by atoms with Crippen LogP contribution in [0.4, 0.5) is 17.6 Å². The van der Waals surface area contributed by atoms with Gasteiger partial charge in [0.2, 0.25) is 0 Å². The van der Waals surface area contributed by atoms with Gasteiger partial charge in [0.25, 0.3) is 0 Å². The van der Waals surface area contributed by atoms with E-state index in [0.717, 1.165) is 37.1 Å². The van der Waals surface area contributed by atoms with Crippen LogP contribution in [-0.4, -0.2) is 16.9 Å². The Bertz CT molecular complexity index is 1150. The lowest BCUT2D eigenvalue weighted by Crippen LogP contribution is -2.13. The van der Waals surface area contributed by atoms with Gasteiger partial charge in [-0.2, -0.15) is 13.2 Å². The average molecular weight is 472 g/mol. The van der Waals surface area contributed by atoms with Crippen LogP contribution in [0.5, 0.6) is 0 Å². The fraction of sp³-hybridized carbons (Fsp3) is 0.259. The Morgan fingerprint density at radius 1 is 0.853 bits per heavy atom. The molecule has 34 heavy (non-hydrogen) atoms. The molecule has 0 saturated carbocycles. The lowest BCUT2D eigenvalue weighted by atomic mass is 9.87. The van der Waals surface area contributed by atoms with Crippen molar-refractivity contribution >= 4 is 11.8 Å². The third kappa shape index (κ3) is 6.10. The van der Waals surface area contributed by atoms with Gasteiger partial charge >= 0.3 is 12.1 Å². The first-order chi connectivity index (χ1) is 16.1. The third-order valence-corrected chi connectivity index (χ3v) is 5.67. The number of ketones is 1. The summed E-state index contributed by atoms with van der Waals surface area (Å²) in [4.78, 5) is 25.1. The Hall–Kier alpha value is -3.48. The molecule has 0 saturated heterocycles. The zero-order valence-corrected chi connectivity index (χ0v) is 18.5. The van der Waals surface area contributed by atoms with Crippen molar-refractivity contribution in [1.29, 1.82) is 0 Å². The Balaban J connectivity index is 2.09. The van der Waals surface area contributed by atoms with Crippen molar-refractivity contribution in [2.45, 2.75) is 44.7 Å². The number of unbranched alkanes of at least 4 members (excludes halogenated alkanes) is 2. The molecule has 0 aromatic heterocycles. The van der Waals surface area contributed by atoms with E-state index in [-0.39, 0.29) is 11.1 Å². The van der Waals surface area contributed by atoms with Gasteiger partial charge < -0.3 is 5.11 Å². The second-order valence-electron chi connectivity index (χ2n) is 8.14. The van der Waals surface area contributed by atoms with Crippen molar-refractivity contribution in [3.63, 3.8) is 0 Å². The number of carboxylic acid groups (broad SMARTS) is 1. The standard InChI is InChI=1S/C27H24F4O3/c1-2-3-4-5-24(26(33)34)20-14-19(17-6-10-22(11-7-17)27(29,30)31)15-21(16-20)25(32)18-8-12-23(28)13-9-18/h6-16,24H,2-5H2,1H3,(H,33,34). The van der Waals surface area contributed by atoms with Crippen LogP contribution < -0.4 is 0 Å². The molecule has 0 spiro atoms. The number of benzene rings is 3. The van der Waals surface area contributed by atoms with Crippen molar-refractivity contribution in [3.8, 4) is 11.1 Å². The second kappa shape index (κ2) is 10.6. The Morgan fingerprint density at radius 2 is 1.50 bits per heavy atom. The molecular formula is C27H24F4O3. The summed E-state index contributed by atoms with van der Waals surface area (Å²) >= 11 is 0. The number of carbonyl (C=O) groups is 2. The quantitative estimate of drug-likeness (QED) is 0.199. The van der Waals surface area contributed by atoms with Crippen LogP contribution in [0, 0.1) is 5.82 Å². The summed E-state index contributed by atoms with van der Waals surface area (Å²) in [7, 11) is 0. The van der Waals surface area contributed by atoms with E-state index in [4.69, 9.17) is 0 Å². The number of aliphatic carboxylic acids is 1. The minimum absolute atomic E-state index is 0.181. The number of hydrogen-bond donors (Lipinski definition) is 1. The summed E-state index contributed by atoms with van der Waals surface area (Å²) in [5.41, 5.74) is 0.833. The highest BCUT2D eigenvalue weighted by atomic mass is 19.4. The minimum Gasteiger partial charge on any atom is -0.481 e. The fourth-order valence-electron chi connectivity index (χ4n) is 3.80. The molecule has 0 radical (unpaired) electrons. The Kier molecular flexibility index (Phi) is 7.87. The largest absolute Gasteiger partial charge is 0.481 e.